The highest BCUT2D eigenvalue weighted by Crippen LogP contribution is 1.66. The predicted molar refractivity (Wildman–Crippen MR) is 39.3 cm³/mol. The van der Waals surface area contributed by atoms with Gasteiger partial charge in [0.2, 0.25) is 0 Å². The van der Waals surface area contributed by atoms with Gasteiger partial charge >= 0.3 is 0 Å². The molecule has 0 saturated carbocycles. The van der Waals surface area contributed by atoms with Crippen LogP contribution in [0, 0.1) is 0 Å². The second-order valence-electron chi connectivity index (χ2n) is 1.09. The third-order valence-corrected chi connectivity index (χ3v) is 0.544. The number of hydrogen-bond donors (Lipinski definition) is 0. The van der Waals surface area contributed by atoms with Crippen LogP contribution in [-0.4, -0.2) is 43.9 Å². The zero-order chi connectivity index (χ0) is 5.54. The molecule has 0 nitrogen and oxygen atoms in total. The van der Waals surface area contributed by atoms with E-state index in [4.69, 9.17) is 15.5 Å². The van der Waals surface area contributed by atoms with Gasteiger partial charge in [-0.15, -0.1) is 6.22 Å². The molecule has 0 N–H and O–H groups in total. The van der Waals surface area contributed by atoms with Crippen molar-refractivity contribution >= 4 is 43.9 Å². The Morgan fingerprint density at radius 3 is 1.71 bits per heavy atom. The summed E-state index contributed by atoms with van der Waals surface area (Å²) in [6, 6.07) is 0. The molecular formula is CH2B6. The van der Waals surface area contributed by atoms with Crippen molar-refractivity contribution in [1.82, 2.24) is 0 Å². The topological polar surface area (TPSA) is 0 Å². The van der Waals surface area contributed by atoms with Crippen LogP contribution in [0.5, 0.6) is 0 Å². The van der Waals surface area contributed by atoms with E-state index in [0.29, 0.717) is 0 Å². The molecule has 0 saturated heterocycles. The minimum absolute atomic E-state index is 0.826. The maximum atomic E-state index is 5.01. The Morgan fingerprint density at radius 2 is 1.43 bits per heavy atom. The summed E-state index contributed by atoms with van der Waals surface area (Å²) < 4.78 is 0. The third-order valence-electron chi connectivity index (χ3n) is 0.544. The largest absolute Gasteiger partial charge is 0.122 e. The van der Waals surface area contributed by atoms with Crippen LogP contribution in [0.2, 0.25) is 6.22 Å². The third kappa shape index (κ3) is 6.39. The van der Waals surface area contributed by atoms with E-state index in [9.17, 15) is 0 Å². The van der Waals surface area contributed by atoms with Crippen molar-refractivity contribution in [2.75, 3.05) is 0 Å². The molecule has 0 heterocycles. The summed E-state index contributed by atoms with van der Waals surface area (Å²) in [5.74, 6) is 0. The Labute approximate surface area is 50.9 Å². The molecule has 0 rings (SSSR count). The summed E-state index contributed by atoms with van der Waals surface area (Å²) in [5, 5.41) is 0. The average Bonchev–Trinajstić information content (AvgIpc) is 1.69. The van der Waals surface area contributed by atoms with Crippen LogP contribution >= 0.6 is 0 Å². The molecular weight excluding hydrogens is 76.9 g/mol. The van der Waals surface area contributed by atoms with Crippen molar-refractivity contribution in [1.29, 1.82) is 0 Å². The van der Waals surface area contributed by atoms with Crippen molar-refractivity contribution in [2.45, 2.75) is 6.22 Å². The van der Waals surface area contributed by atoms with Crippen molar-refractivity contribution < 1.29 is 0 Å². The van der Waals surface area contributed by atoms with E-state index in [1.165, 1.54) is 14.1 Å². The monoisotopic (exact) mass is 80.1 g/mol. The van der Waals surface area contributed by atoms with Crippen LogP contribution in [0.15, 0.2) is 0 Å². The van der Waals surface area contributed by atoms with E-state index in [2.05, 4.69) is 0 Å². The fourth-order valence-corrected chi connectivity index (χ4v) is 0.236. The van der Waals surface area contributed by atoms with Gasteiger partial charge in [-0.2, -0.15) is 0 Å². The lowest BCUT2D eigenvalue weighted by Crippen LogP contribution is -2.11. The van der Waals surface area contributed by atoms with Gasteiger partial charge in [0.15, 0.2) is 0 Å². The first-order valence-electron chi connectivity index (χ1n) is 2.15. The van der Waals surface area contributed by atoms with Crippen LogP contribution in [-0.2, 0) is 0 Å². The Hall–Kier alpha value is 0.390. The molecule has 0 aromatic rings. The zero-order valence-electron chi connectivity index (χ0n) is 4.17. The summed E-state index contributed by atoms with van der Waals surface area (Å²) in [5.41, 5.74) is 0. The van der Waals surface area contributed by atoms with Gasteiger partial charge in [-0.25, -0.2) is 0 Å². The molecule has 0 aliphatic carbocycles. The highest BCUT2D eigenvalue weighted by Gasteiger charge is 1.84. The lowest BCUT2D eigenvalue weighted by atomic mass is 9.16. The van der Waals surface area contributed by atoms with E-state index in [1.54, 1.807) is 0 Å². The molecule has 0 spiro atoms. The molecule has 0 bridgehead atoms. The Kier molecular flexibility index (Phi) is 6.75. The molecule has 0 aromatic heterocycles. The molecule has 8 radical (unpaired) electrons. The Bertz CT molecular complexity index is 23.4. The van der Waals surface area contributed by atoms with Crippen molar-refractivity contribution in [3.63, 3.8) is 0 Å². The number of hydrogen-bond acceptors (Lipinski definition) is 0. The maximum absolute atomic E-state index is 5.01. The molecule has 24 valence electrons. The van der Waals surface area contributed by atoms with E-state index >= 15 is 0 Å². The fraction of sp³-hybridized carbons (Fsp3) is 1.00. The lowest BCUT2D eigenvalue weighted by Gasteiger charge is -1.86. The first-order valence-corrected chi connectivity index (χ1v) is 2.15. The lowest BCUT2D eigenvalue weighted by molar-refractivity contribution is 2.10. The summed E-state index contributed by atoms with van der Waals surface area (Å²) in [7, 11) is 16.7. The van der Waals surface area contributed by atoms with Gasteiger partial charge in [0.25, 0.3) is 0 Å². The summed E-state index contributed by atoms with van der Waals surface area (Å²) >= 11 is 0. The van der Waals surface area contributed by atoms with Gasteiger partial charge in [-0.1, -0.05) is 0 Å². The highest BCUT2D eigenvalue weighted by molar-refractivity contribution is 7.30. The Balaban J connectivity index is 2.45. The molecule has 0 aliphatic heterocycles. The molecule has 6 heteroatoms. The highest BCUT2D eigenvalue weighted by atomic mass is 13.1. The van der Waals surface area contributed by atoms with Gasteiger partial charge in [0, 0.05) is 43.9 Å². The van der Waals surface area contributed by atoms with E-state index < -0.39 is 0 Å². The molecule has 0 aliphatic rings. The molecule has 0 fully saturated rings. The molecule has 0 amide bonds. The van der Waals surface area contributed by atoms with Crippen molar-refractivity contribution in [2.24, 2.45) is 0 Å². The first kappa shape index (κ1) is 7.39. The molecule has 0 aromatic carbocycles. The van der Waals surface area contributed by atoms with E-state index in [0.717, 1.165) is 6.22 Å². The summed E-state index contributed by atoms with van der Waals surface area (Å²) in [6.07, 6.45) is 0.826. The molecule has 0 atom stereocenters. The SMILES string of the molecule is [B][B][B]C[B][B][B]. The zero-order valence-corrected chi connectivity index (χ0v) is 4.17. The second kappa shape index (κ2) is 6.39. The van der Waals surface area contributed by atoms with Gasteiger partial charge in [-0.05, 0) is 0 Å². The normalized spacial score (nSPS) is 6.86. The standard InChI is InChI=1S/CH2B6/c2-6-4-1-5-7-3/h1H2. The van der Waals surface area contributed by atoms with Crippen LogP contribution in [0.4, 0.5) is 0 Å². The Morgan fingerprint density at radius 1 is 1.00 bits per heavy atom. The van der Waals surface area contributed by atoms with Gasteiger partial charge < -0.3 is 0 Å². The van der Waals surface area contributed by atoms with Gasteiger partial charge in [0.05, 0.1) is 0 Å². The molecule has 0 unspecified atom stereocenters. The summed E-state index contributed by atoms with van der Waals surface area (Å²) in [6.45, 7) is 0. The van der Waals surface area contributed by atoms with Crippen LogP contribution in [0.25, 0.3) is 0 Å². The first-order chi connectivity index (χ1) is 3.41. The van der Waals surface area contributed by atoms with Gasteiger partial charge in [0.1, 0.15) is 0 Å². The fourth-order valence-electron chi connectivity index (χ4n) is 0.236. The van der Waals surface area contributed by atoms with E-state index in [-0.39, 0.29) is 0 Å². The van der Waals surface area contributed by atoms with Crippen LogP contribution < -0.4 is 0 Å². The van der Waals surface area contributed by atoms with Crippen molar-refractivity contribution in [3.8, 4) is 0 Å². The average molecular weight is 78.9 g/mol. The smallest absolute Gasteiger partial charge is 0.0435 e. The van der Waals surface area contributed by atoms with Gasteiger partial charge in [-0.3, -0.25) is 0 Å². The van der Waals surface area contributed by atoms with Crippen LogP contribution in [0.1, 0.15) is 0 Å². The number of rotatable bonds is 4. The molecule has 7 heavy (non-hydrogen) atoms. The van der Waals surface area contributed by atoms with Crippen molar-refractivity contribution in [3.05, 3.63) is 0 Å². The summed E-state index contributed by atoms with van der Waals surface area (Å²) in [4.78, 5) is 0. The second-order valence-corrected chi connectivity index (χ2v) is 1.09. The minimum Gasteiger partial charge on any atom is -0.122 e. The maximum Gasteiger partial charge on any atom is 0.0435 e. The minimum atomic E-state index is 0.826. The van der Waals surface area contributed by atoms with E-state index in [1.807, 2.05) is 14.3 Å². The predicted octanol–water partition coefficient (Wildman–Crippen LogP) is -1.82. The van der Waals surface area contributed by atoms with Crippen LogP contribution in [0.3, 0.4) is 0 Å². The quantitative estimate of drug-likeness (QED) is 0.275.